The van der Waals surface area contributed by atoms with Crippen LogP contribution in [-0.2, 0) is 9.59 Å². The molecule has 12 heavy (non-hydrogen) atoms. The van der Waals surface area contributed by atoms with E-state index in [2.05, 4.69) is 0 Å². The van der Waals surface area contributed by atoms with Gasteiger partial charge in [0.25, 0.3) is 0 Å². The molecule has 0 bridgehead atoms. The number of carbonyl (C=O) groups excluding carboxylic acids is 2. The van der Waals surface area contributed by atoms with Gasteiger partial charge in [-0.05, 0) is 25.0 Å². The van der Waals surface area contributed by atoms with E-state index in [-0.39, 0.29) is 11.6 Å². The van der Waals surface area contributed by atoms with E-state index in [0.717, 1.165) is 0 Å². The van der Waals surface area contributed by atoms with Gasteiger partial charge in [0.2, 0.25) is 0 Å². The minimum absolute atomic E-state index is 0.00560. The lowest BCUT2D eigenvalue weighted by atomic mass is 9.87. The lowest BCUT2D eigenvalue weighted by Crippen LogP contribution is -2.15. The van der Waals surface area contributed by atoms with Crippen molar-refractivity contribution < 1.29 is 9.59 Å². The van der Waals surface area contributed by atoms with E-state index in [0.29, 0.717) is 24.0 Å². The molecule has 2 aliphatic carbocycles. The van der Waals surface area contributed by atoms with Gasteiger partial charge in [-0.3, -0.25) is 9.59 Å². The third-order valence-electron chi connectivity index (χ3n) is 2.16. The van der Waals surface area contributed by atoms with Crippen LogP contribution in [0.1, 0.15) is 12.8 Å². The topological polar surface area (TPSA) is 34.1 Å². The minimum atomic E-state index is -0.00560. The van der Waals surface area contributed by atoms with Gasteiger partial charge in [0.1, 0.15) is 0 Å². The molecule has 60 valence electrons. The fourth-order valence-corrected chi connectivity index (χ4v) is 1.50. The predicted octanol–water partition coefficient (Wildman–Crippen LogP) is 1.34. The number of hydrogen-bond donors (Lipinski definition) is 0. The second kappa shape index (κ2) is 2.55. The zero-order chi connectivity index (χ0) is 8.55. The Morgan fingerprint density at radius 2 is 1.25 bits per heavy atom. The lowest BCUT2D eigenvalue weighted by Gasteiger charge is -2.14. The molecule has 0 N–H and O–H groups in total. The van der Waals surface area contributed by atoms with Gasteiger partial charge >= 0.3 is 0 Å². The molecule has 0 aliphatic heterocycles. The van der Waals surface area contributed by atoms with Crippen molar-refractivity contribution in [2.45, 2.75) is 12.8 Å². The highest BCUT2D eigenvalue weighted by Gasteiger charge is 2.22. The zero-order valence-electron chi connectivity index (χ0n) is 6.54. The van der Waals surface area contributed by atoms with Crippen LogP contribution < -0.4 is 0 Å². The van der Waals surface area contributed by atoms with Crippen molar-refractivity contribution in [3.8, 4) is 0 Å². The highest BCUT2D eigenvalue weighted by Crippen LogP contribution is 2.24. The maximum absolute atomic E-state index is 11.2. The molecule has 0 saturated carbocycles. The van der Waals surface area contributed by atoms with E-state index in [1.165, 1.54) is 12.2 Å². The van der Waals surface area contributed by atoms with Crippen molar-refractivity contribution in [1.82, 2.24) is 0 Å². The zero-order valence-corrected chi connectivity index (χ0v) is 6.54. The summed E-state index contributed by atoms with van der Waals surface area (Å²) < 4.78 is 0. The quantitative estimate of drug-likeness (QED) is 0.396. The second-order valence-electron chi connectivity index (χ2n) is 2.90. The van der Waals surface area contributed by atoms with Crippen molar-refractivity contribution >= 4 is 11.6 Å². The normalized spacial score (nSPS) is 21.7. The van der Waals surface area contributed by atoms with Crippen LogP contribution in [0, 0.1) is 0 Å². The van der Waals surface area contributed by atoms with Gasteiger partial charge in [-0.15, -0.1) is 0 Å². The standard InChI is InChI=1S/C10H8O2/c11-9-5-6-10(12)8-4-2-1-3-7(8)9/h1-2,5-6H,3-4H2. The van der Waals surface area contributed by atoms with Crippen LogP contribution in [0.15, 0.2) is 35.5 Å². The van der Waals surface area contributed by atoms with Crippen molar-refractivity contribution in [1.29, 1.82) is 0 Å². The Kier molecular flexibility index (Phi) is 1.54. The molecule has 0 fully saturated rings. The van der Waals surface area contributed by atoms with E-state index in [9.17, 15) is 9.59 Å². The molecule has 2 aliphatic rings. The molecule has 0 amide bonds. The van der Waals surface area contributed by atoms with Crippen molar-refractivity contribution in [3.63, 3.8) is 0 Å². The second-order valence-corrected chi connectivity index (χ2v) is 2.90. The molecular weight excluding hydrogens is 152 g/mol. The van der Waals surface area contributed by atoms with E-state index in [4.69, 9.17) is 0 Å². The molecule has 0 aromatic heterocycles. The molecule has 2 rings (SSSR count). The first kappa shape index (κ1) is 7.22. The van der Waals surface area contributed by atoms with Crippen LogP contribution in [0.3, 0.4) is 0 Å². The van der Waals surface area contributed by atoms with Gasteiger partial charge in [0.05, 0.1) is 0 Å². The first-order chi connectivity index (χ1) is 5.79. The molecule has 0 spiro atoms. The largest absolute Gasteiger partial charge is 0.290 e. The predicted molar refractivity (Wildman–Crippen MR) is 44.6 cm³/mol. The smallest absolute Gasteiger partial charge is 0.182 e. The van der Waals surface area contributed by atoms with E-state index < -0.39 is 0 Å². The first-order valence-corrected chi connectivity index (χ1v) is 3.93. The summed E-state index contributed by atoms with van der Waals surface area (Å²) in [5, 5.41) is 0. The van der Waals surface area contributed by atoms with Gasteiger partial charge in [0, 0.05) is 11.1 Å². The molecule has 0 unspecified atom stereocenters. The number of allylic oxidation sites excluding steroid dienone is 6. The van der Waals surface area contributed by atoms with Gasteiger partial charge in [0.15, 0.2) is 11.6 Å². The summed E-state index contributed by atoms with van der Waals surface area (Å²) in [4.78, 5) is 22.5. The Hall–Kier alpha value is -1.44. The van der Waals surface area contributed by atoms with Crippen LogP contribution in [-0.4, -0.2) is 11.6 Å². The van der Waals surface area contributed by atoms with Gasteiger partial charge in [-0.25, -0.2) is 0 Å². The summed E-state index contributed by atoms with van der Waals surface area (Å²) in [7, 11) is 0. The SMILES string of the molecule is O=C1C=CC(=O)C2=C1CC=CC2. The average Bonchev–Trinajstić information content (AvgIpc) is 2.12. The highest BCUT2D eigenvalue weighted by atomic mass is 16.1. The van der Waals surface area contributed by atoms with E-state index in [1.54, 1.807) is 0 Å². The fourth-order valence-electron chi connectivity index (χ4n) is 1.50. The fraction of sp³-hybridized carbons (Fsp3) is 0.200. The van der Waals surface area contributed by atoms with E-state index in [1.807, 2.05) is 12.2 Å². The monoisotopic (exact) mass is 160 g/mol. The maximum atomic E-state index is 11.2. The molecule has 2 heteroatoms. The minimum Gasteiger partial charge on any atom is -0.290 e. The van der Waals surface area contributed by atoms with Gasteiger partial charge < -0.3 is 0 Å². The van der Waals surface area contributed by atoms with Crippen molar-refractivity contribution in [2.75, 3.05) is 0 Å². The number of rotatable bonds is 0. The van der Waals surface area contributed by atoms with Crippen LogP contribution in [0.5, 0.6) is 0 Å². The van der Waals surface area contributed by atoms with Crippen molar-refractivity contribution in [3.05, 3.63) is 35.5 Å². The first-order valence-electron chi connectivity index (χ1n) is 3.93. The Morgan fingerprint density at radius 3 is 1.67 bits per heavy atom. The van der Waals surface area contributed by atoms with Gasteiger partial charge in [-0.2, -0.15) is 0 Å². The molecule has 0 atom stereocenters. The third-order valence-corrected chi connectivity index (χ3v) is 2.16. The molecule has 0 aromatic rings. The summed E-state index contributed by atoms with van der Waals surface area (Å²) in [6.45, 7) is 0. The summed E-state index contributed by atoms with van der Waals surface area (Å²) >= 11 is 0. The van der Waals surface area contributed by atoms with Crippen molar-refractivity contribution in [2.24, 2.45) is 0 Å². The molecule has 0 saturated heterocycles. The number of carbonyl (C=O) groups is 2. The lowest BCUT2D eigenvalue weighted by molar-refractivity contribution is -0.115. The molecular formula is C10H8O2. The van der Waals surface area contributed by atoms with Crippen LogP contribution in [0.25, 0.3) is 0 Å². The van der Waals surface area contributed by atoms with Crippen LogP contribution >= 0.6 is 0 Å². The molecule has 2 nitrogen and oxygen atoms in total. The van der Waals surface area contributed by atoms with Crippen LogP contribution in [0.2, 0.25) is 0 Å². The summed E-state index contributed by atoms with van der Waals surface area (Å²) in [6.07, 6.45) is 7.82. The van der Waals surface area contributed by atoms with Gasteiger partial charge in [-0.1, -0.05) is 12.2 Å². The van der Waals surface area contributed by atoms with E-state index >= 15 is 0 Å². The third kappa shape index (κ3) is 0.961. The number of hydrogen-bond acceptors (Lipinski definition) is 2. The summed E-state index contributed by atoms with van der Waals surface area (Å²) in [5.74, 6) is -0.0112. The Balaban J connectivity index is 2.45. The molecule has 0 aromatic carbocycles. The Labute approximate surface area is 70.3 Å². The summed E-state index contributed by atoms with van der Waals surface area (Å²) in [6, 6.07) is 0. The Morgan fingerprint density at radius 1 is 0.833 bits per heavy atom. The van der Waals surface area contributed by atoms with Crippen LogP contribution in [0.4, 0.5) is 0 Å². The summed E-state index contributed by atoms with van der Waals surface area (Å²) in [5.41, 5.74) is 1.37. The Bertz CT molecular complexity index is 311. The number of ketones is 2. The molecule has 0 radical (unpaired) electrons. The highest BCUT2D eigenvalue weighted by molar-refractivity contribution is 6.20. The molecule has 0 heterocycles. The average molecular weight is 160 g/mol. The maximum Gasteiger partial charge on any atom is 0.182 e.